The van der Waals surface area contributed by atoms with Gasteiger partial charge in [0.2, 0.25) is 0 Å². The van der Waals surface area contributed by atoms with Crippen LogP contribution in [-0.4, -0.2) is 9.55 Å². The van der Waals surface area contributed by atoms with Gasteiger partial charge in [0.25, 0.3) is 0 Å². The first-order valence-electron chi connectivity index (χ1n) is 4.56. The van der Waals surface area contributed by atoms with Gasteiger partial charge in [-0.2, -0.15) is 5.26 Å². The second-order valence-corrected chi connectivity index (χ2v) is 3.94. The molecule has 0 amide bonds. The van der Waals surface area contributed by atoms with Crippen LogP contribution in [0.5, 0.6) is 0 Å². The van der Waals surface area contributed by atoms with E-state index in [1.54, 1.807) is 0 Å². The third kappa shape index (κ3) is 1.33. The van der Waals surface area contributed by atoms with Gasteiger partial charge in [0.15, 0.2) is 0 Å². The predicted octanol–water partition coefficient (Wildman–Crippen LogP) is 1.80. The standard InChI is InChI=1S/C10H13N3/c1-8-9(2)13(7-12-8)6-10(5-11)3-4-10/h7H,3-4,6H2,1-2H3. The van der Waals surface area contributed by atoms with Crippen LogP contribution >= 0.6 is 0 Å². The first kappa shape index (κ1) is 8.31. The van der Waals surface area contributed by atoms with Gasteiger partial charge < -0.3 is 4.57 Å². The summed E-state index contributed by atoms with van der Waals surface area (Å²) in [5.74, 6) is 0. The summed E-state index contributed by atoms with van der Waals surface area (Å²) in [6.07, 6.45) is 3.92. The molecule has 0 N–H and O–H groups in total. The Labute approximate surface area is 78.0 Å². The SMILES string of the molecule is Cc1ncn(CC2(C#N)CC2)c1C. The summed E-state index contributed by atoms with van der Waals surface area (Å²) in [7, 11) is 0. The van der Waals surface area contributed by atoms with Gasteiger partial charge in [-0.3, -0.25) is 0 Å². The first-order chi connectivity index (χ1) is 6.17. The minimum Gasteiger partial charge on any atom is -0.333 e. The maximum Gasteiger partial charge on any atom is 0.0951 e. The molecule has 1 heterocycles. The zero-order valence-corrected chi connectivity index (χ0v) is 8.04. The van der Waals surface area contributed by atoms with Crippen molar-refractivity contribution in [3.8, 4) is 6.07 Å². The highest BCUT2D eigenvalue weighted by Gasteiger charge is 2.43. The number of aromatic nitrogens is 2. The minimum atomic E-state index is -0.0715. The molecular weight excluding hydrogens is 162 g/mol. The zero-order chi connectivity index (χ0) is 9.47. The Balaban J connectivity index is 2.20. The van der Waals surface area contributed by atoms with Crippen LogP contribution in [0.2, 0.25) is 0 Å². The number of hydrogen-bond donors (Lipinski definition) is 0. The molecule has 0 saturated heterocycles. The molecule has 3 heteroatoms. The van der Waals surface area contributed by atoms with Crippen LogP contribution in [0.15, 0.2) is 6.33 Å². The van der Waals surface area contributed by atoms with Crippen LogP contribution in [0.3, 0.4) is 0 Å². The topological polar surface area (TPSA) is 41.6 Å². The fourth-order valence-corrected chi connectivity index (χ4v) is 1.49. The van der Waals surface area contributed by atoms with E-state index in [-0.39, 0.29) is 5.41 Å². The number of hydrogen-bond acceptors (Lipinski definition) is 2. The smallest absolute Gasteiger partial charge is 0.0951 e. The molecule has 1 aromatic heterocycles. The molecule has 0 bridgehead atoms. The monoisotopic (exact) mass is 175 g/mol. The average Bonchev–Trinajstić information content (AvgIpc) is 2.85. The maximum atomic E-state index is 8.93. The Morgan fingerprint density at radius 1 is 1.62 bits per heavy atom. The largest absolute Gasteiger partial charge is 0.333 e. The fraction of sp³-hybridized carbons (Fsp3) is 0.600. The summed E-state index contributed by atoms with van der Waals surface area (Å²) in [5.41, 5.74) is 2.17. The molecule has 1 aliphatic carbocycles. The van der Waals surface area contributed by atoms with Gasteiger partial charge in [-0.1, -0.05) is 0 Å². The Morgan fingerprint density at radius 3 is 2.69 bits per heavy atom. The lowest BCUT2D eigenvalue weighted by atomic mass is 10.1. The molecule has 1 aliphatic rings. The summed E-state index contributed by atoms with van der Waals surface area (Å²) in [4.78, 5) is 4.22. The Bertz CT molecular complexity index is 366. The molecule has 68 valence electrons. The molecule has 0 radical (unpaired) electrons. The van der Waals surface area contributed by atoms with E-state index in [0.717, 1.165) is 25.1 Å². The summed E-state index contributed by atoms with van der Waals surface area (Å²) < 4.78 is 2.09. The van der Waals surface area contributed by atoms with E-state index in [9.17, 15) is 0 Å². The van der Waals surface area contributed by atoms with Gasteiger partial charge in [-0.25, -0.2) is 4.98 Å². The second kappa shape index (κ2) is 2.59. The fourth-order valence-electron chi connectivity index (χ4n) is 1.49. The maximum absolute atomic E-state index is 8.93. The predicted molar refractivity (Wildman–Crippen MR) is 49.0 cm³/mol. The molecule has 13 heavy (non-hydrogen) atoms. The van der Waals surface area contributed by atoms with Crippen molar-refractivity contribution in [1.82, 2.24) is 9.55 Å². The molecule has 1 saturated carbocycles. The zero-order valence-electron chi connectivity index (χ0n) is 8.04. The summed E-state index contributed by atoms with van der Waals surface area (Å²) in [6, 6.07) is 2.39. The first-order valence-corrected chi connectivity index (χ1v) is 4.56. The van der Waals surface area contributed by atoms with E-state index >= 15 is 0 Å². The van der Waals surface area contributed by atoms with Crippen LogP contribution in [0.1, 0.15) is 24.2 Å². The van der Waals surface area contributed by atoms with Gasteiger partial charge in [0, 0.05) is 12.2 Å². The second-order valence-electron chi connectivity index (χ2n) is 3.94. The van der Waals surface area contributed by atoms with E-state index in [0.29, 0.717) is 0 Å². The normalized spacial score (nSPS) is 18.2. The van der Waals surface area contributed by atoms with E-state index < -0.39 is 0 Å². The van der Waals surface area contributed by atoms with Crippen molar-refractivity contribution in [1.29, 1.82) is 5.26 Å². The van der Waals surface area contributed by atoms with Crippen LogP contribution in [0, 0.1) is 30.6 Å². The number of aryl methyl sites for hydroxylation is 1. The Kier molecular flexibility index (Phi) is 1.66. The lowest BCUT2D eigenvalue weighted by molar-refractivity contribution is 0.519. The highest BCUT2D eigenvalue weighted by atomic mass is 15.1. The van der Waals surface area contributed by atoms with Gasteiger partial charge in [-0.05, 0) is 26.7 Å². The van der Waals surface area contributed by atoms with E-state index in [2.05, 4.69) is 22.5 Å². The summed E-state index contributed by atoms with van der Waals surface area (Å²) >= 11 is 0. The average molecular weight is 175 g/mol. The van der Waals surface area contributed by atoms with Crippen LogP contribution in [0.4, 0.5) is 0 Å². The van der Waals surface area contributed by atoms with Crippen molar-refractivity contribution in [2.75, 3.05) is 0 Å². The molecule has 1 aromatic rings. The molecule has 0 aliphatic heterocycles. The molecular formula is C10H13N3. The highest BCUT2D eigenvalue weighted by Crippen LogP contribution is 2.46. The molecule has 0 aromatic carbocycles. The van der Waals surface area contributed by atoms with Crippen molar-refractivity contribution in [3.63, 3.8) is 0 Å². The van der Waals surface area contributed by atoms with Crippen LogP contribution in [-0.2, 0) is 6.54 Å². The molecule has 2 rings (SSSR count). The molecule has 3 nitrogen and oxygen atoms in total. The van der Waals surface area contributed by atoms with Crippen LogP contribution < -0.4 is 0 Å². The molecule has 0 spiro atoms. The quantitative estimate of drug-likeness (QED) is 0.687. The third-order valence-corrected chi connectivity index (χ3v) is 2.91. The van der Waals surface area contributed by atoms with Gasteiger partial charge in [0.1, 0.15) is 0 Å². The molecule has 1 fully saturated rings. The van der Waals surface area contributed by atoms with Gasteiger partial charge >= 0.3 is 0 Å². The number of imidazole rings is 1. The number of nitrogens with zero attached hydrogens (tertiary/aromatic N) is 3. The Hall–Kier alpha value is -1.30. The van der Waals surface area contributed by atoms with Crippen molar-refractivity contribution in [2.24, 2.45) is 5.41 Å². The van der Waals surface area contributed by atoms with E-state index in [4.69, 9.17) is 5.26 Å². The van der Waals surface area contributed by atoms with E-state index in [1.165, 1.54) is 5.69 Å². The van der Waals surface area contributed by atoms with E-state index in [1.807, 2.05) is 13.3 Å². The summed E-state index contributed by atoms with van der Waals surface area (Å²) in [6.45, 7) is 4.86. The van der Waals surface area contributed by atoms with Gasteiger partial charge in [-0.15, -0.1) is 0 Å². The summed E-state index contributed by atoms with van der Waals surface area (Å²) in [5, 5.41) is 8.93. The van der Waals surface area contributed by atoms with Crippen LogP contribution in [0.25, 0.3) is 0 Å². The minimum absolute atomic E-state index is 0.0715. The number of rotatable bonds is 2. The van der Waals surface area contributed by atoms with Crippen molar-refractivity contribution >= 4 is 0 Å². The molecule has 0 atom stereocenters. The number of nitriles is 1. The third-order valence-electron chi connectivity index (χ3n) is 2.91. The van der Waals surface area contributed by atoms with Crippen molar-refractivity contribution in [2.45, 2.75) is 33.2 Å². The lowest BCUT2D eigenvalue weighted by Gasteiger charge is -2.08. The van der Waals surface area contributed by atoms with Crippen molar-refractivity contribution in [3.05, 3.63) is 17.7 Å². The van der Waals surface area contributed by atoms with Crippen molar-refractivity contribution < 1.29 is 0 Å². The van der Waals surface area contributed by atoms with Gasteiger partial charge in [0.05, 0.1) is 23.5 Å². The Morgan fingerprint density at radius 2 is 2.31 bits per heavy atom. The molecule has 0 unspecified atom stereocenters. The lowest BCUT2D eigenvalue weighted by Crippen LogP contribution is -2.09. The highest BCUT2D eigenvalue weighted by molar-refractivity contribution is 5.14.